The number of hydrogen-bond donors (Lipinski definition) is 1. The number of amides is 1. The highest BCUT2D eigenvalue weighted by atomic mass is 35.5. The van der Waals surface area contributed by atoms with Gasteiger partial charge in [0.2, 0.25) is 0 Å². The Morgan fingerprint density at radius 1 is 0.971 bits per heavy atom. The molecule has 35 heavy (non-hydrogen) atoms. The topological polar surface area (TPSA) is 46.9 Å². The van der Waals surface area contributed by atoms with Gasteiger partial charge in [-0.1, -0.05) is 95.6 Å². The van der Waals surface area contributed by atoms with Crippen molar-refractivity contribution in [1.29, 1.82) is 0 Å². The zero-order chi connectivity index (χ0) is 24.8. The summed E-state index contributed by atoms with van der Waals surface area (Å²) in [7, 11) is 0. The molecule has 0 saturated carbocycles. The monoisotopic (exact) mass is 523 g/mol. The molecule has 1 N–H and O–H groups in total. The smallest absolute Gasteiger partial charge is 0.252 e. The molecule has 0 bridgehead atoms. The zero-order valence-corrected chi connectivity index (χ0v) is 22.0. The van der Waals surface area contributed by atoms with E-state index in [2.05, 4.69) is 60.1 Å². The zero-order valence-electron chi connectivity index (χ0n) is 19.7. The average molecular weight is 525 g/mol. The van der Waals surface area contributed by atoms with Crippen LogP contribution in [-0.4, -0.2) is 27.8 Å². The SMILES string of the molecule is CC(C)n1c(SCCCNC(=O)c2ccc(Cl)cc2Cl)nc(-c2ccccc2)c1-c1ccccc1. The second kappa shape index (κ2) is 11.8. The molecular weight excluding hydrogens is 497 g/mol. The third kappa shape index (κ3) is 6.10. The maximum Gasteiger partial charge on any atom is 0.252 e. The molecule has 1 amide bonds. The van der Waals surface area contributed by atoms with Crippen molar-refractivity contribution < 1.29 is 4.79 Å². The first-order valence-electron chi connectivity index (χ1n) is 11.5. The van der Waals surface area contributed by atoms with Gasteiger partial charge in [-0.3, -0.25) is 4.79 Å². The van der Waals surface area contributed by atoms with E-state index in [-0.39, 0.29) is 11.9 Å². The van der Waals surface area contributed by atoms with Crippen LogP contribution in [-0.2, 0) is 0 Å². The van der Waals surface area contributed by atoms with Crippen LogP contribution in [0, 0.1) is 0 Å². The third-order valence-corrected chi connectivity index (χ3v) is 7.09. The van der Waals surface area contributed by atoms with Gasteiger partial charge in [-0.2, -0.15) is 0 Å². The summed E-state index contributed by atoms with van der Waals surface area (Å²) in [6.07, 6.45) is 0.800. The highest BCUT2D eigenvalue weighted by Crippen LogP contribution is 2.38. The molecule has 0 radical (unpaired) electrons. The van der Waals surface area contributed by atoms with Crippen LogP contribution in [0.15, 0.2) is 84.0 Å². The van der Waals surface area contributed by atoms with Crippen molar-refractivity contribution in [2.45, 2.75) is 31.5 Å². The van der Waals surface area contributed by atoms with Crippen LogP contribution in [0.2, 0.25) is 10.0 Å². The van der Waals surface area contributed by atoms with E-state index in [9.17, 15) is 4.79 Å². The first-order valence-corrected chi connectivity index (χ1v) is 13.3. The largest absolute Gasteiger partial charge is 0.352 e. The number of carbonyl (C=O) groups is 1. The predicted octanol–water partition coefficient (Wildman–Crippen LogP) is 8.02. The molecule has 4 nitrogen and oxygen atoms in total. The van der Waals surface area contributed by atoms with E-state index in [1.165, 1.54) is 0 Å². The molecule has 4 rings (SSSR count). The number of imidazole rings is 1. The third-order valence-electron chi connectivity index (χ3n) is 5.50. The quantitative estimate of drug-likeness (QED) is 0.178. The minimum absolute atomic E-state index is 0.196. The fourth-order valence-electron chi connectivity index (χ4n) is 3.87. The number of benzene rings is 3. The number of halogens is 2. The summed E-state index contributed by atoms with van der Waals surface area (Å²) in [6, 6.07) is 25.9. The Kier molecular flexibility index (Phi) is 8.55. The van der Waals surface area contributed by atoms with E-state index in [4.69, 9.17) is 28.2 Å². The summed E-state index contributed by atoms with van der Waals surface area (Å²) in [5.74, 6) is 0.624. The molecule has 0 aliphatic carbocycles. The molecule has 180 valence electrons. The van der Waals surface area contributed by atoms with Gasteiger partial charge in [0.25, 0.3) is 5.91 Å². The van der Waals surface area contributed by atoms with Gasteiger partial charge in [0.15, 0.2) is 5.16 Å². The summed E-state index contributed by atoms with van der Waals surface area (Å²) in [4.78, 5) is 17.5. The Bertz CT molecular complexity index is 1290. The molecule has 0 atom stereocenters. The van der Waals surface area contributed by atoms with Gasteiger partial charge >= 0.3 is 0 Å². The number of nitrogens with one attached hydrogen (secondary N) is 1. The van der Waals surface area contributed by atoms with Crippen molar-refractivity contribution in [3.8, 4) is 22.5 Å². The van der Waals surface area contributed by atoms with Crippen molar-refractivity contribution in [2.24, 2.45) is 0 Å². The van der Waals surface area contributed by atoms with E-state index in [0.717, 1.165) is 39.8 Å². The number of nitrogens with zero attached hydrogens (tertiary/aromatic N) is 2. The van der Waals surface area contributed by atoms with Crippen molar-refractivity contribution >= 4 is 40.9 Å². The van der Waals surface area contributed by atoms with Crippen LogP contribution in [0.25, 0.3) is 22.5 Å². The highest BCUT2D eigenvalue weighted by molar-refractivity contribution is 7.99. The molecule has 3 aromatic carbocycles. The second-order valence-corrected chi connectivity index (χ2v) is 10.3. The van der Waals surface area contributed by atoms with Crippen LogP contribution in [0.5, 0.6) is 0 Å². The average Bonchev–Trinajstić information content (AvgIpc) is 3.24. The molecule has 4 aromatic rings. The summed E-state index contributed by atoms with van der Waals surface area (Å²) < 4.78 is 2.31. The Morgan fingerprint density at radius 3 is 2.26 bits per heavy atom. The van der Waals surface area contributed by atoms with Crippen molar-refractivity contribution in [3.63, 3.8) is 0 Å². The van der Waals surface area contributed by atoms with Crippen molar-refractivity contribution in [1.82, 2.24) is 14.9 Å². The molecule has 0 aliphatic rings. The Labute approximate surface area is 220 Å². The number of carbonyl (C=O) groups excluding carboxylic acids is 1. The molecule has 0 aliphatic heterocycles. The lowest BCUT2D eigenvalue weighted by atomic mass is 10.0. The fourth-order valence-corrected chi connectivity index (χ4v) is 5.43. The number of rotatable bonds is 9. The first-order chi connectivity index (χ1) is 17.0. The highest BCUT2D eigenvalue weighted by Gasteiger charge is 2.22. The molecule has 1 heterocycles. The first kappa shape index (κ1) is 25.4. The minimum atomic E-state index is -0.196. The summed E-state index contributed by atoms with van der Waals surface area (Å²) in [5, 5.41) is 4.78. The number of aromatic nitrogens is 2. The molecule has 0 spiro atoms. The summed E-state index contributed by atoms with van der Waals surface area (Å²) >= 11 is 13.8. The van der Waals surface area contributed by atoms with Gasteiger partial charge in [0.05, 0.1) is 22.0 Å². The predicted molar refractivity (Wildman–Crippen MR) is 148 cm³/mol. The van der Waals surface area contributed by atoms with Crippen LogP contribution < -0.4 is 5.32 Å². The lowest BCUT2D eigenvalue weighted by Crippen LogP contribution is -2.25. The van der Waals surface area contributed by atoms with Crippen LogP contribution in [0.4, 0.5) is 0 Å². The molecule has 7 heteroatoms. The molecule has 0 unspecified atom stereocenters. The van der Waals surface area contributed by atoms with Gasteiger partial charge in [-0.15, -0.1) is 0 Å². The van der Waals surface area contributed by atoms with E-state index in [1.54, 1.807) is 30.0 Å². The standard InChI is InChI=1S/C28H27Cl2N3OS/c1-19(2)33-26(21-12-7-4-8-13-21)25(20-10-5-3-6-11-20)32-28(33)35-17-9-16-31-27(34)23-15-14-22(29)18-24(23)30/h3-8,10-15,18-19H,9,16-17H2,1-2H3,(H,31,34). The van der Waals surface area contributed by atoms with Gasteiger partial charge in [-0.05, 0) is 38.5 Å². The van der Waals surface area contributed by atoms with E-state index >= 15 is 0 Å². The minimum Gasteiger partial charge on any atom is -0.352 e. The summed E-state index contributed by atoms with van der Waals surface area (Å²) in [5.41, 5.74) is 4.78. The van der Waals surface area contributed by atoms with Crippen molar-refractivity contribution in [2.75, 3.05) is 12.3 Å². The van der Waals surface area contributed by atoms with E-state index < -0.39 is 0 Å². The lowest BCUT2D eigenvalue weighted by molar-refractivity contribution is 0.0954. The Morgan fingerprint density at radius 2 is 1.63 bits per heavy atom. The van der Waals surface area contributed by atoms with Crippen LogP contribution >= 0.6 is 35.0 Å². The maximum absolute atomic E-state index is 12.5. The van der Waals surface area contributed by atoms with Gasteiger partial charge in [-0.25, -0.2) is 4.98 Å². The molecule has 1 aromatic heterocycles. The Balaban J connectivity index is 1.50. The number of hydrogen-bond acceptors (Lipinski definition) is 3. The van der Waals surface area contributed by atoms with E-state index in [1.807, 2.05) is 24.3 Å². The molecule has 0 saturated heterocycles. The lowest BCUT2D eigenvalue weighted by Gasteiger charge is -2.16. The van der Waals surface area contributed by atoms with Gasteiger partial charge in [0.1, 0.15) is 0 Å². The number of thioether (sulfide) groups is 1. The molecule has 0 fully saturated rings. The van der Waals surface area contributed by atoms with Gasteiger partial charge < -0.3 is 9.88 Å². The Hall–Kier alpha value is -2.73. The van der Waals surface area contributed by atoms with Crippen molar-refractivity contribution in [3.05, 3.63) is 94.5 Å². The van der Waals surface area contributed by atoms with Crippen LogP contribution in [0.3, 0.4) is 0 Å². The fraction of sp³-hybridized carbons (Fsp3) is 0.214. The van der Waals surface area contributed by atoms with E-state index in [0.29, 0.717) is 22.2 Å². The maximum atomic E-state index is 12.5. The van der Waals surface area contributed by atoms with Gasteiger partial charge in [0, 0.05) is 34.5 Å². The summed E-state index contributed by atoms with van der Waals surface area (Å²) in [6.45, 7) is 4.91. The second-order valence-electron chi connectivity index (χ2n) is 8.37. The van der Waals surface area contributed by atoms with Crippen LogP contribution in [0.1, 0.15) is 36.7 Å². The normalized spacial score (nSPS) is 11.1. The molecular formula is C28H27Cl2N3OS.